The highest BCUT2D eigenvalue weighted by Gasteiger charge is 2.46. The maximum absolute atomic E-state index is 11.3. The van der Waals surface area contributed by atoms with E-state index in [1.807, 2.05) is 6.07 Å². The van der Waals surface area contributed by atoms with Gasteiger partial charge in [0.25, 0.3) is 0 Å². The van der Waals surface area contributed by atoms with Gasteiger partial charge in [0.2, 0.25) is 0 Å². The maximum atomic E-state index is 11.3. The minimum atomic E-state index is -0.221. The van der Waals surface area contributed by atoms with E-state index >= 15 is 0 Å². The van der Waals surface area contributed by atoms with Gasteiger partial charge in [0, 0.05) is 5.41 Å². The number of carbonyl (C=O) groups is 1. The molecule has 1 atom stereocenters. The quantitative estimate of drug-likeness (QED) is 0.322. The zero-order chi connectivity index (χ0) is 25.9. The van der Waals surface area contributed by atoms with Gasteiger partial charge in [-0.15, -0.1) is 0 Å². The largest absolute Gasteiger partial charge is 0.485 e. The molecule has 1 aliphatic carbocycles. The Balaban J connectivity index is 1.50. The molecule has 4 nitrogen and oxygen atoms in total. The first-order chi connectivity index (χ1) is 17.3. The fraction of sp³-hybridized carbons (Fsp3) is 0.531. The first-order valence-corrected chi connectivity index (χ1v) is 13.7. The topological polar surface area (TPSA) is 55.8 Å². The molecule has 0 spiro atoms. The zero-order valence-corrected chi connectivity index (χ0v) is 22.7. The van der Waals surface area contributed by atoms with Crippen LogP contribution in [0.1, 0.15) is 93.5 Å². The van der Waals surface area contributed by atoms with E-state index in [2.05, 4.69) is 65.0 Å². The molecular formula is C32H42O4. The van der Waals surface area contributed by atoms with E-state index in [0.29, 0.717) is 12.2 Å². The Morgan fingerprint density at radius 2 is 1.69 bits per heavy atom. The minimum absolute atomic E-state index is 0.0735. The lowest BCUT2D eigenvalue weighted by atomic mass is 9.69. The third kappa shape index (κ3) is 5.25. The van der Waals surface area contributed by atoms with E-state index in [9.17, 15) is 9.90 Å². The van der Waals surface area contributed by atoms with Crippen LogP contribution in [0.3, 0.4) is 0 Å². The smallest absolute Gasteiger partial charge is 0.314 e. The number of rotatable bonds is 12. The third-order valence-electron chi connectivity index (χ3n) is 8.93. The van der Waals surface area contributed by atoms with Crippen molar-refractivity contribution >= 4 is 5.97 Å². The average Bonchev–Trinajstić information content (AvgIpc) is 3.58. The lowest BCUT2D eigenvalue weighted by Crippen LogP contribution is -2.26. The normalized spacial score (nSPS) is 17.5. The molecule has 0 aromatic heterocycles. The number of carbonyl (C=O) groups excluding carboxylic acids is 1. The molecule has 1 N–H and O–H groups in total. The molecule has 1 saturated carbocycles. The van der Waals surface area contributed by atoms with Crippen LogP contribution in [0.15, 0.2) is 48.2 Å². The van der Waals surface area contributed by atoms with Crippen molar-refractivity contribution in [3.8, 4) is 5.75 Å². The molecule has 0 saturated heterocycles. The maximum Gasteiger partial charge on any atom is 0.314 e. The molecular weight excluding hydrogens is 448 g/mol. The highest BCUT2D eigenvalue weighted by molar-refractivity contribution is 5.75. The fourth-order valence-electron chi connectivity index (χ4n) is 5.96. The number of aliphatic hydroxyl groups excluding tert-OH is 1. The van der Waals surface area contributed by atoms with Gasteiger partial charge in [-0.2, -0.15) is 0 Å². The van der Waals surface area contributed by atoms with Crippen molar-refractivity contribution in [3.05, 3.63) is 76.1 Å². The average molecular weight is 491 g/mol. The Morgan fingerprint density at radius 3 is 2.22 bits per heavy atom. The second kappa shape index (κ2) is 10.8. The predicted molar refractivity (Wildman–Crippen MR) is 144 cm³/mol. The van der Waals surface area contributed by atoms with E-state index in [1.165, 1.54) is 35.1 Å². The highest BCUT2D eigenvalue weighted by Crippen LogP contribution is 2.52. The number of aryl methyl sites for hydroxylation is 3. The van der Waals surface area contributed by atoms with E-state index in [1.54, 1.807) is 6.08 Å². The van der Waals surface area contributed by atoms with Crippen molar-refractivity contribution in [2.24, 2.45) is 5.41 Å². The van der Waals surface area contributed by atoms with Gasteiger partial charge in [0.05, 0.1) is 12.5 Å². The van der Waals surface area contributed by atoms with Crippen LogP contribution in [-0.2, 0) is 21.4 Å². The molecule has 0 amide bonds. The Hall–Kier alpha value is -2.59. The summed E-state index contributed by atoms with van der Waals surface area (Å²) in [6.07, 6.45) is 9.12. The number of esters is 1. The summed E-state index contributed by atoms with van der Waals surface area (Å²) in [5.74, 6) is 1.18. The van der Waals surface area contributed by atoms with Gasteiger partial charge in [-0.25, -0.2) is 0 Å². The lowest BCUT2D eigenvalue weighted by Gasteiger charge is -2.34. The van der Waals surface area contributed by atoms with E-state index in [4.69, 9.17) is 9.47 Å². The van der Waals surface area contributed by atoms with Crippen molar-refractivity contribution in [1.29, 1.82) is 0 Å². The Labute approximate surface area is 216 Å². The summed E-state index contributed by atoms with van der Waals surface area (Å²) >= 11 is 0. The summed E-state index contributed by atoms with van der Waals surface area (Å²) in [6, 6.07) is 13.4. The Bertz CT molecular complexity index is 1120. The van der Waals surface area contributed by atoms with Crippen molar-refractivity contribution in [1.82, 2.24) is 0 Å². The van der Waals surface area contributed by atoms with Gasteiger partial charge in [-0.1, -0.05) is 51.1 Å². The monoisotopic (exact) mass is 490 g/mol. The van der Waals surface area contributed by atoms with Crippen LogP contribution >= 0.6 is 0 Å². The Morgan fingerprint density at radius 1 is 1.03 bits per heavy atom. The van der Waals surface area contributed by atoms with Crippen molar-refractivity contribution in [2.45, 2.75) is 97.5 Å². The number of hydrogen-bond donors (Lipinski definition) is 1. The third-order valence-corrected chi connectivity index (χ3v) is 8.93. The second-order valence-corrected chi connectivity index (χ2v) is 10.8. The molecule has 1 fully saturated rings. The predicted octanol–water partition coefficient (Wildman–Crippen LogP) is 7.10. The number of ether oxygens (including phenoxy) is 2. The van der Waals surface area contributed by atoms with Gasteiger partial charge >= 0.3 is 5.97 Å². The molecule has 1 heterocycles. The molecule has 0 bridgehead atoms. The fourth-order valence-corrected chi connectivity index (χ4v) is 5.96. The van der Waals surface area contributed by atoms with Crippen LogP contribution in [0.25, 0.3) is 0 Å². The van der Waals surface area contributed by atoms with Crippen LogP contribution in [0, 0.1) is 19.3 Å². The van der Waals surface area contributed by atoms with Crippen LogP contribution in [0.4, 0.5) is 0 Å². The Kier molecular flexibility index (Phi) is 7.94. The molecule has 4 heteroatoms. The number of benzene rings is 2. The van der Waals surface area contributed by atoms with Crippen molar-refractivity contribution < 1.29 is 19.4 Å². The molecule has 1 aliphatic heterocycles. The first kappa shape index (κ1) is 26.5. The van der Waals surface area contributed by atoms with Gasteiger partial charge in [-0.05, 0) is 104 Å². The standard InChI is InChI=1S/C32H42O4/c1-6-31(17-18-31)29(33)15-10-24-9-11-25(19-22(24)4)32(7-2,8-3)26-12-14-28(23(5)20-26)35-21-27-13-16-30(34)36-27/h9,11-14,19-20,29,33H,6-8,10,15-18,21H2,1-5H3. The summed E-state index contributed by atoms with van der Waals surface area (Å²) < 4.78 is 11.1. The minimum Gasteiger partial charge on any atom is -0.485 e. The van der Waals surface area contributed by atoms with Crippen LogP contribution < -0.4 is 4.74 Å². The SMILES string of the molecule is CCC(CC)(c1ccc(CCC(O)C2(CC)CC2)c(C)c1)c1ccc(OCC2=CCC(=O)O2)c(C)c1. The van der Waals surface area contributed by atoms with E-state index in [-0.39, 0.29) is 29.5 Å². The van der Waals surface area contributed by atoms with Crippen LogP contribution in [0.2, 0.25) is 0 Å². The molecule has 4 rings (SSSR count). The summed E-state index contributed by atoms with van der Waals surface area (Å²) in [6.45, 7) is 11.3. The number of hydrogen-bond acceptors (Lipinski definition) is 4. The summed E-state index contributed by atoms with van der Waals surface area (Å²) in [5.41, 5.74) is 6.49. The van der Waals surface area contributed by atoms with Crippen LogP contribution in [-0.4, -0.2) is 23.8 Å². The second-order valence-electron chi connectivity index (χ2n) is 10.8. The highest BCUT2D eigenvalue weighted by atomic mass is 16.6. The van der Waals surface area contributed by atoms with Gasteiger partial charge in [0.1, 0.15) is 18.1 Å². The molecule has 2 aliphatic rings. The zero-order valence-electron chi connectivity index (χ0n) is 22.7. The van der Waals surface area contributed by atoms with Crippen molar-refractivity contribution in [2.75, 3.05) is 6.61 Å². The van der Waals surface area contributed by atoms with Crippen LogP contribution in [0.5, 0.6) is 5.75 Å². The van der Waals surface area contributed by atoms with E-state index < -0.39 is 0 Å². The summed E-state index contributed by atoms with van der Waals surface area (Å²) in [5, 5.41) is 10.7. The summed E-state index contributed by atoms with van der Waals surface area (Å²) in [7, 11) is 0. The number of cyclic esters (lactones) is 1. The molecule has 0 radical (unpaired) electrons. The molecule has 1 unspecified atom stereocenters. The van der Waals surface area contributed by atoms with Gasteiger partial charge in [-0.3, -0.25) is 4.79 Å². The lowest BCUT2D eigenvalue weighted by molar-refractivity contribution is -0.136. The molecule has 2 aromatic carbocycles. The van der Waals surface area contributed by atoms with Gasteiger partial charge in [0.15, 0.2) is 0 Å². The van der Waals surface area contributed by atoms with Gasteiger partial charge < -0.3 is 14.6 Å². The molecule has 194 valence electrons. The molecule has 36 heavy (non-hydrogen) atoms. The summed E-state index contributed by atoms with van der Waals surface area (Å²) in [4.78, 5) is 11.3. The van der Waals surface area contributed by atoms with Crippen molar-refractivity contribution in [3.63, 3.8) is 0 Å². The molecule has 2 aromatic rings. The van der Waals surface area contributed by atoms with E-state index in [0.717, 1.165) is 43.4 Å². The number of aliphatic hydroxyl groups is 1. The first-order valence-electron chi connectivity index (χ1n) is 13.7.